The molecule has 1 aliphatic heterocycles. The molecule has 0 unspecified atom stereocenters. The Kier molecular flexibility index (Phi) is 5.70. The largest absolute Gasteiger partial charge is 0.444 e. The summed E-state index contributed by atoms with van der Waals surface area (Å²) in [5, 5.41) is 13.9. The standard InChI is InChI=1S/C26H34N6O2/c1-17-14-18(2)32(29-17)21-12-10-19(11-13-21)24-28-27-23-16-30(25(33)34-26(3,4)5)15-20-8-6-7-9-22(20)31(23)24/h6-9,14,19,21H,10-13,15-16H2,1-5H3. The van der Waals surface area contributed by atoms with Crippen LogP contribution < -0.4 is 0 Å². The average Bonchev–Trinajstić information content (AvgIpc) is 3.30. The number of carbonyl (C=O) groups is 1. The maximum absolute atomic E-state index is 12.9. The molecule has 0 spiro atoms. The van der Waals surface area contributed by atoms with E-state index in [9.17, 15) is 4.79 Å². The summed E-state index contributed by atoms with van der Waals surface area (Å²) in [5.41, 5.74) is 3.89. The predicted octanol–water partition coefficient (Wildman–Crippen LogP) is 5.23. The zero-order chi connectivity index (χ0) is 24.0. The lowest BCUT2D eigenvalue weighted by molar-refractivity contribution is 0.0214. The molecule has 0 bridgehead atoms. The van der Waals surface area contributed by atoms with Crippen molar-refractivity contribution < 1.29 is 9.53 Å². The van der Waals surface area contributed by atoms with Crippen LogP contribution in [0.4, 0.5) is 4.79 Å². The number of nitrogens with zero attached hydrogens (tertiary/aromatic N) is 6. The Bertz CT molecular complexity index is 1200. The zero-order valence-electron chi connectivity index (χ0n) is 20.8. The van der Waals surface area contributed by atoms with Gasteiger partial charge in [0, 0.05) is 11.6 Å². The van der Waals surface area contributed by atoms with Crippen LogP contribution in [0.3, 0.4) is 0 Å². The number of fused-ring (bicyclic) bond motifs is 3. The van der Waals surface area contributed by atoms with Crippen LogP contribution in [0.2, 0.25) is 0 Å². The number of rotatable bonds is 2. The average molecular weight is 463 g/mol. The number of carbonyl (C=O) groups excluding carboxylic acids is 1. The lowest BCUT2D eigenvalue weighted by Crippen LogP contribution is -2.35. The summed E-state index contributed by atoms with van der Waals surface area (Å²) in [6.45, 7) is 10.7. The van der Waals surface area contributed by atoms with Gasteiger partial charge in [-0.15, -0.1) is 10.2 Å². The smallest absolute Gasteiger partial charge is 0.411 e. The number of aryl methyl sites for hydroxylation is 2. The molecule has 5 rings (SSSR count). The van der Waals surface area contributed by atoms with Gasteiger partial charge in [-0.05, 0) is 78.0 Å². The van der Waals surface area contributed by atoms with E-state index in [2.05, 4.69) is 51.5 Å². The van der Waals surface area contributed by atoms with E-state index in [0.717, 1.165) is 54.3 Å². The minimum absolute atomic E-state index is 0.328. The van der Waals surface area contributed by atoms with Gasteiger partial charge < -0.3 is 4.74 Å². The van der Waals surface area contributed by atoms with Crippen molar-refractivity contribution in [3.63, 3.8) is 0 Å². The maximum Gasteiger partial charge on any atom is 0.411 e. The first-order chi connectivity index (χ1) is 16.2. The van der Waals surface area contributed by atoms with E-state index >= 15 is 0 Å². The third-order valence-corrected chi connectivity index (χ3v) is 6.79. The first-order valence-electron chi connectivity index (χ1n) is 12.2. The number of amides is 1. The molecule has 0 radical (unpaired) electrons. The third-order valence-electron chi connectivity index (χ3n) is 6.79. The summed E-state index contributed by atoms with van der Waals surface area (Å²) in [5.74, 6) is 2.11. The third kappa shape index (κ3) is 4.33. The van der Waals surface area contributed by atoms with Crippen molar-refractivity contribution in [1.29, 1.82) is 0 Å². The van der Waals surface area contributed by atoms with Crippen molar-refractivity contribution in [3.8, 4) is 5.69 Å². The Morgan fingerprint density at radius 2 is 1.76 bits per heavy atom. The van der Waals surface area contributed by atoms with Crippen LogP contribution in [-0.4, -0.2) is 41.1 Å². The summed E-state index contributed by atoms with van der Waals surface area (Å²) in [6.07, 6.45) is 3.89. The summed E-state index contributed by atoms with van der Waals surface area (Å²) in [4.78, 5) is 14.7. The fourth-order valence-corrected chi connectivity index (χ4v) is 5.30. The van der Waals surface area contributed by atoms with E-state index in [1.165, 1.54) is 5.69 Å². The van der Waals surface area contributed by atoms with Crippen molar-refractivity contribution in [2.24, 2.45) is 0 Å². The summed E-state index contributed by atoms with van der Waals surface area (Å²) >= 11 is 0. The molecule has 1 aromatic carbocycles. The molecule has 34 heavy (non-hydrogen) atoms. The quantitative estimate of drug-likeness (QED) is 0.521. The minimum atomic E-state index is -0.550. The van der Waals surface area contributed by atoms with Crippen LogP contribution >= 0.6 is 0 Å². The van der Waals surface area contributed by atoms with E-state index in [4.69, 9.17) is 9.84 Å². The van der Waals surface area contributed by atoms with Gasteiger partial charge >= 0.3 is 6.09 Å². The van der Waals surface area contributed by atoms with Crippen LogP contribution in [-0.2, 0) is 17.8 Å². The van der Waals surface area contributed by atoms with E-state index in [-0.39, 0.29) is 6.09 Å². The molecule has 1 amide bonds. The van der Waals surface area contributed by atoms with E-state index in [1.807, 2.05) is 32.9 Å². The summed E-state index contributed by atoms with van der Waals surface area (Å²) in [7, 11) is 0. The second kappa shape index (κ2) is 8.56. The van der Waals surface area contributed by atoms with Crippen molar-refractivity contribution in [2.45, 2.75) is 91.0 Å². The fraction of sp³-hybridized carbons (Fsp3) is 0.538. The van der Waals surface area contributed by atoms with Crippen LogP contribution in [0.5, 0.6) is 0 Å². The molecule has 0 N–H and O–H groups in total. The second-order valence-corrected chi connectivity index (χ2v) is 10.7. The van der Waals surface area contributed by atoms with Gasteiger partial charge in [0.2, 0.25) is 0 Å². The van der Waals surface area contributed by atoms with Gasteiger partial charge in [-0.1, -0.05) is 18.2 Å². The first kappa shape index (κ1) is 22.6. The highest BCUT2D eigenvalue weighted by atomic mass is 16.6. The number of hydrogen-bond donors (Lipinski definition) is 0. The number of hydrogen-bond acceptors (Lipinski definition) is 5. The Hall–Kier alpha value is -3.16. The van der Waals surface area contributed by atoms with Crippen LogP contribution in [0.15, 0.2) is 30.3 Å². The maximum atomic E-state index is 12.9. The Morgan fingerprint density at radius 3 is 2.44 bits per heavy atom. The zero-order valence-corrected chi connectivity index (χ0v) is 20.8. The van der Waals surface area contributed by atoms with Gasteiger partial charge in [0.1, 0.15) is 11.4 Å². The Labute approximate surface area is 200 Å². The Morgan fingerprint density at radius 1 is 1.03 bits per heavy atom. The summed E-state index contributed by atoms with van der Waals surface area (Å²) < 4.78 is 10.1. The molecule has 0 saturated heterocycles. The molecule has 1 saturated carbocycles. The summed E-state index contributed by atoms with van der Waals surface area (Å²) in [6, 6.07) is 10.8. The lowest BCUT2D eigenvalue weighted by atomic mass is 9.85. The normalized spacial score (nSPS) is 20.4. The highest BCUT2D eigenvalue weighted by molar-refractivity contribution is 5.68. The van der Waals surface area contributed by atoms with E-state index in [1.54, 1.807) is 4.90 Å². The van der Waals surface area contributed by atoms with E-state index in [0.29, 0.717) is 25.0 Å². The Balaban J connectivity index is 1.42. The molecular formula is C26H34N6O2. The van der Waals surface area contributed by atoms with Gasteiger partial charge in [-0.25, -0.2) is 4.79 Å². The minimum Gasteiger partial charge on any atom is -0.444 e. The van der Waals surface area contributed by atoms with Crippen molar-refractivity contribution in [2.75, 3.05) is 0 Å². The molecule has 1 fully saturated rings. The lowest BCUT2D eigenvalue weighted by Gasteiger charge is -2.29. The van der Waals surface area contributed by atoms with Gasteiger partial charge in [0.05, 0.1) is 30.5 Å². The second-order valence-electron chi connectivity index (χ2n) is 10.7. The molecule has 8 nitrogen and oxygen atoms in total. The van der Waals surface area contributed by atoms with E-state index < -0.39 is 5.60 Å². The predicted molar refractivity (Wildman–Crippen MR) is 129 cm³/mol. The molecule has 2 aromatic heterocycles. The van der Waals surface area contributed by atoms with Crippen LogP contribution in [0.1, 0.15) is 87.0 Å². The molecule has 3 aromatic rings. The van der Waals surface area contributed by atoms with Crippen LogP contribution in [0, 0.1) is 13.8 Å². The highest BCUT2D eigenvalue weighted by Gasteiger charge is 2.33. The molecule has 8 heteroatoms. The molecule has 2 aliphatic rings. The van der Waals surface area contributed by atoms with Gasteiger partial charge in [-0.3, -0.25) is 14.1 Å². The molecule has 3 heterocycles. The molecule has 0 atom stereocenters. The fourth-order valence-electron chi connectivity index (χ4n) is 5.30. The first-order valence-corrected chi connectivity index (χ1v) is 12.2. The SMILES string of the molecule is Cc1cc(C)n(C2CCC(c3nnc4n3-c3ccccc3CN(C(=O)OC(C)(C)C)C4)CC2)n1. The monoisotopic (exact) mass is 462 g/mol. The topological polar surface area (TPSA) is 78.1 Å². The van der Waals surface area contributed by atoms with Gasteiger partial charge in [-0.2, -0.15) is 5.10 Å². The number of para-hydroxylation sites is 1. The molecule has 180 valence electrons. The highest BCUT2D eigenvalue weighted by Crippen LogP contribution is 2.39. The van der Waals surface area contributed by atoms with Crippen molar-refractivity contribution in [1.82, 2.24) is 29.4 Å². The molecular weight excluding hydrogens is 428 g/mol. The number of ether oxygens (including phenoxy) is 1. The van der Waals surface area contributed by atoms with Crippen molar-refractivity contribution in [3.05, 3.63) is 58.9 Å². The number of benzene rings is 1. The molecule has 1 aliphatic carbocycles. The number of aromatic nitrogens is 5. The van der Waals surface area contributed by atoms with Gasteiger partial charge in [0.15, 0.2) is 5.82 Å². The van der Waals surface area contributed by atoms with Crippen molar-refractivity contribution >= 4 is 6.09 Å². The van der Waals surface area contributed by atoms with Gasteiger partial charge in [0.25, 0.3) is 0 Å². The van der Waals surface area contributed by atoms with Crippen LogP contribution in [0.25, 0.3) is 5.69 Å².